The molecule has 0 radical (unpaired) electrons. The first-order valence-electron chi connectivity index (χ1n) is 10.3. The van der Waals surface area contributed by atoms with E-state index in [2.05, 4.69) is 4.98 Å². The Balaban J connectivity index is 1.80. The molecule has 31 heavy (non-hydrogen) atoms. The third-order valence-corrected chi connectivity index (χ3v) is 6.07. The minimum absolute atomic E-state index is 0.0658. The molecule has 1 atom stereocenters. The summed E-state index contributed by atoms with van der Waals surface area (Å²) < 4.78 is 10.0. The highest BCUT2D eigenvalue weighted by Gasteiger charge is 2.33. The van der Waals surface area contributed by atoms with Crippen LogP contribution >= 0.6 is 11.6 Å². The van der Waals surface area contributed by atoms with Crippen molar-refractivity contribution in [2.75, 3.05) is 20.8 Å². The maximum Gasteiger partial charge on any atom is 0.306 e. The second-order valence-corrected chi connectivity index (χ2v) is 8.09. The summed E-state index contributed by atoms with van der Waals surface area (Å²) >= 11 is 6.27. The number of nitrogens with zero attached hydrogens (tertiary/aromatic N) is 1. The first-order valence-corrected chi connectivity index (χ1v) is 10.7. The van der Waals surface area contributed by atoms with Gasteiger partial charge in [0.15, 0.2) is 0 Å². The highest BCUT2D eigenvalue weighted by Crippen LogP contribution is 2.39. The summed E-state index contributed by atoms with van der Waals surface area (Å²) in [5, 5.41) is 1.77. The Hall–Kier alpha value is -2.99. The summed E-state index contributed by atoms with van der Waals surface area (Å²) in [6.07, 6.45) is 1.84. The Morgan fingerprint density at radius 3 is 2.61 bits per heavy atom. The molecular formula is C24H25ClN2O4. The molecule has 0 saturated carbocycles. The first-order chi connectivity index (χ1) is 15.0. The average molecular weight is 441 g/mol. The van der Waals surface area contributed by atoms with Crippen LogP contribution in [0, 0.1) is 0 Å². The monoisotopic (exact) mass is 440 g/mol. The number of aryl methyl sites for hydroxylation is 1. The number of aromatic nitrogens is 1. The minimum atomic E-state index is -0.384. The molecule has 1 unspecified atom stereocenters. The summed E-state index contributed by atoms with van der Waals surface area (Å²) in [5.41, 5.74) is 4.15. The van der Waals surface area contributed by atoms with Crippen molar-refractivity contribution < 1.29 is 19.1 Å². The topological polar surface area (TPSA) is 71.6 Å². The second kappa shape index (κ2) is 9.02. The molecule has 0 aliphatic carbocycles. The Kier molecular flexibility index (Phi) is 6.18. The number of carbonyl (C=O) groups is 2. The fraction of sp³-hybridized carbons (Fsp3) is 0.333. The van der Waals surface area contributed by atoms with Gasteiger partial charge in [-0.2, -0.15) is 0 Å². The van der Waals surface area contributed by atoms with Crippen molar-refractivity contribution in [1.82, 2.24) is 9.88 Å². The maximum absolute atomic E-state index is 13.2. The zero-order valence-corrected chi connectivity index (χ0v) is 18.4. The van der Waals surface area contributed by atoms with E-state index in [0.29, 0.717) is 11.6 Å². The number of benzene rings is 2. The van der Waals surface area contributed by atoms with Crippen LogP contribution in [0.25, 0.3) is 10.9 Å². The van der Waals surface area contributed by atoms with Gasteiger partial charge in [0.2, 0.25) is 5.91 Å². The predicted molar refractivity (Wildman–Crippen MR) is 119 cm³/mol. The van der Waals surface area contributed by atoms with Crippen molar-refractivity contribution in [2.24, 2.45) is 0 Å². The van der Waals surface area contributed by atoms with Crippen LogP contribution in [0.3, 0.4) is 0 Å². The van der Waals surface area contributed by atoms with Gasteiger partial charge < -0.3 is 19.4 Å². The van der Waals surface area contributed by atoms with Gasteiger partial charge in [0.25, 0.3) is 0 Å². The maximum atomic E-state index is 13.2. The predicted octanol–water partition coefficient (Wildman–Crippen LogP) is 4.65. The van der Waals surface area contributed by atoms with Crippen LogP contribution in [0.1, 0.15) is 42.1 Å². The molecule has 1 aliphatic rings. The lowest BCUT2D eigenvalue weighted by Gasteiger charge is -2.31. The number of hydrogen-bond acceptors (Lipinski definition) is 4. The highest BCUT2D eigenvalue weighted by molar-refractivity contribution is 6.31. The molecule has 1 N–H and O–H groups in total. The van der Waals surface area contributed by atoms with Gasteiger partial charge in [0.1, 0.15) is 5.75 Å². The van der Waals surface area contributed by atoms with Gasteiger partial charge in [-0.25, -0.2) is 0 Å². The number of methoxy groups -OCH3 is 2. The number of carbonyl (C=O) groups excluding carboxylic acids is 2. The molecule has 1 amide bonds. The van der Waals surface area contributed by atoms with Gasteiger partial charge >= 0.3 is 5.97 Å². The number of esters is 1. The molecule has 1 aromatic heterocycles. The first kappa shape index (κ1) is 21.2. The van der Waals surface area contributed by atoms with E-state index in [-0.39, 0.29) is 30.8 Å². The lowest BCUT2D eigenvalue weighted by Crippen LogP contribution is -2.36. The van der Waals surface area contributed by atoms with E-state index >= 15 is 0 Å². The fourth-order valence-corrected chi connectivity index (χ4v) is 4.48. The third-order valence-electron chi connectivity index (χ3n) is 5.83. The van der Waals surface area contributed by atoms with Crippen molar-refractivity contribution in [3.63, 3.8) is 0 Å². The number of rotatable bonds is 5. The van der Waals surface area contributed by atoms with Gasteiger partial charge in [0, 0.05) is 34.6 Å². The molecule has 1 aliphatic heterocycles. The van der Waals surface area contributed by atoms with Crippen molar-refractivity contribution in [3.05, 3.63) is 64.3 Å². The van der Waals surface area contributed by atoms with Crippen LogP contribution in [0.2, 0.25) is 5.02 Å². The van der Waals surface area contributed by atoms with Gasteiger partial charge in [-0.05, 0) is 54.3 Å². The molecule has 0 bridgehead atoms. The van der Waals surface area contributed by atoms with E-state index in [1.165, 1.54) is 12.7 Å². The standard InChI is InChI=1S/C24H25ClN2O4/c1-30-17-8-5-15(6-9-17)24-23-18(19-14-16(25)7-10-20(19)26-23)4-3-13-27(24)21(28)11-12-22(29)31-2/h5-10,14,24,26H,3-4,11-13H2,1-2H3. The third kappa shape index (κ3) is 4.26. The Bertz CT molecular complexity index is 1110. The zero-order chi connectivity index (χ0) is 22.0. The van der Waals surface area contributed by atoms with Crippen LogP contribution in [0.5, 0.6) is 5.75 Å². The number of halogens is 1. The van der Waals surface area contributed by atoms with E-state index in [4.69, 9.17) is 21.1 Å². The van der Waals surface area contributed by atoms with Crippen LogP contribution in [0.4, 0.5) is 0 Å². The largest absolute Gasteiger partial charge is 0.497 e. The summed E-state index contributed by atoms with van der Waals surface area (Å²) in [5.74, 6) is 0.297. The zero-order valence-electron chi connectivity index (χ0n) is 17.6. The minimum Gasteiger partial charge on any atom is -0.497 e. The van der Waals surface area contributed by atoms with Crippen LogP contribution < -0.4 is 4.74 Å². The second-order valence-electron chi connectivity index (χ2n) is 7.65. The molecule has 0 spiro atoms. The number of fused-ring (bicyclic) bond motifs is 3. The van der Waals surface area contributed by atoms with Crippen molar-refractivity contribution >= 4 is 34.4 Å². The quantitative estimate of drug-likeness (QED) is 0.586. The van der Waals surface area contributed by atoms with Gasteiger partial charge in [-0.15, -0.1) is 0 Å². The number of nitrogens with one attached hydrogen (secondary N) is 1. The number of hydrogen-bond donors (Lipinski definition) is 1. The molecule has 0 saturated heterocycles. The summed E-state index contributed by atoms with van der Waals surface area (Å²) in [7, 11) is 2.96. The highest BCUT2D eigenvalue weighted by atomic mass is 35.5. The summed E-state index contributed by atoms with van der Waals surface area (Å²) in [6.45, 7) is 0.598. The Morgan fingerprint density at radius 2 is 1.90 bits per heavy atom. The van der Waals surface area contributed by atoms with Crippen molar-refractivity contribution in [1.29, 1.82) is 0 Å². The lowest BCUT2D eigenvalue weighted by molar-refractivity contribution is -0.144. The smallest absolute Gasteiger partial charge is 0.306 e. The molecule has 4 rings (SSSR count). The van der Waals surface area contributed by atoms with E-state index in [9.17, 15) is 9.59 Å². The number of aromatic amines is 1. The molecule has 0 fully saturated rings. The van der Waals surface area contributed by atoms with Crippen molar-refractivity contribution in [3.8, 4) is 5.75 Å². The number of amides is 1. The summed E-state index contributed by atoms with van der Waals surface area (Å²) in [6, 6.07) is 13.3. The molecule has 162 valence electrons. The molecular weight excluding hydrogens is 416 g/mol. The van der Waals surface area contributed by atoms with E-state index in [1.54, 1.807) is 7.11 Å². The SMILES string of the molecule is COC(=O)CCC(=O)N1CCCc2c([nH]c3ccc(Cl)cc23)C1c1ccc(OC)cc1. The number of H-pyrrole nitrogens is 1. The molecule has 6 nitrogen and oxygen atoms in total. The van der Waals surface area contributed by atoms with Gasteiger partial charge in [0.05, 0.1) is 26.7 Å². The van der Waals surface area contributed by atoms with Crippen molar-refractivity contribution in [2.45, 2.75) is 31.7 Å². The Labute approximate surface area is 186 Å². The molecule has 2 heterocycles. The average Bonchev–Trinajstić information content (AvgIpc) is 3.02. The lowest BCUT2D eigenvalue weighted by atomic mass is 9.97. The van der Waals surface area contributed by atoms with E-state index < -0.39 is 0 Å². The van der Waals surface area contributed by atoms with E-state index in [1.807, 2.05) is 47.4 Å². The summed E-state index contributed by atoms with van der Waals surface area (Å²) in [4.78, 5) is 30.2. The van der Waals surface area contributed by atoms with E-state index in [0.717, 1.165) is 40.8 Å². The van der Waals surface area contributed by atoms with Crippen LogP contribution in [-0.4, -0.2) is 42.5 Å². The van der Waals surface area contributed by atoms with Gasteiger partial charge in [-0.1, -0.05) is 23.7 Å². The number of ether oxygens (including phenoxy) is 2. The molecule has 2 aromatic carbocycles. The normalized spacial score (nSPS) is 16.0. The Morgan fingerprint density at radius 1 is 1.13 bits per heavy atom. The van der Waals surface area contributed by atoms with Crippen LogP contribution in [-0.2, 0) is 20.7 Å². The molecule has 7 heteroatoms. The van der Waals surface area contributed by atoms with Crippen LogP contribution in [0.15, 0.2) is 42.5 Å². The fourth-order valence-electron chi connectivity index (χ4n) is 4.31. The molecule has 3 aromatic rings. The van der Waals surface area contributed by atoms with Gasteiger partial charge in [-0.3, -0.25) is 9.59 Å².